The number of rotatable bonds is 5. The van der Waals surface area contributed by atoms with Crippen LogP contribution in [0, 0.1) is 11.6 Å². The Morgan fingerprint density at radius 2 is 1.65 bits per heavy atom. The number of halogens is 5. The maximum atomic E-state index is 14.0. The molecular weight excluding hydrogens is 491 g/mol. The van der Waals surface area contributed by atoms with E-state index in [4.69, 9.17) is 0 Å². The van der Waals surface area contributed by atoms with Crippen molar-refractivity contribution in [3.8, 4) is 11.1 Å². The average Bonchev–Trinajstić information content (AvgIpc) is 3.32. The monoisotopic (exact) mass is 512 g/mol. The molecule has 0 fully saturated rings. The molecule has 3 aromatic carbocycles. The van der Waals surface area contributed by atoms with Crippen molar-refractivity contribution in [3.05, 3.63) is 101 Å². The van der Waals surface area contributed by atoms with Gasteiger partial charge in [-0.15, -0.1) is 0 Å². The molecule has 1 amide bonds. The molecule has 0 aliphatic carbocycles. The number of aryl methyl sites for hydroxylation is 1. The molecule has 0 saturated carbocycles. The Hall–Kier alpha value is -4.08. The predicted molar refractivity (Wildman–Crippen MR) is 126 cm³/mol. The number of amides is 1. The zero-order valence-electron chi connectivity index (χ0n) is 19.9. The van der Waals surface area contributed by atoms with E-state index in [1.165, 1.54) is 34.1 Å². The predicted octanol–water partition coefficient (Wildman–Crippen LogP) is 5.83. The molecule has 10 heteroatoms. The summed E-state index contributed by atoms with van der Waals surface area (Å²) in [6.45, 7) is 1.72. The number of benzene rings is 3. The normalized spacial score (nSPS) is 17.4. The van der Waals surface area contributed by atoms with Gasteiger partial charge >= 0.3 is 6.18 Å². The number of carbonyl (C=O) groups is 1. The first-order valence-corrected chi connectivity index (χ1v) is 11.4. The summed E-state index contributed by atoms with van der Waals surface area (Å²) in [5, 5.41) is 4.24. The summed E-state index contributed by atoms with van der Waals surface area (Å²) < 4.78 is 69.4. The van der Waals surface area contributed by atoms with Gasteiger partial charge in [-0.3, -0.25) is 9.48 Å². The second kappa shape index (κ2) is 8.79. The van der Waals surface area contributed by atoms with E-state index in [2.05, 4.69) is 10.1 Å². The highest BCUT2D eigenvalue weighted by molar-refractivity contribution is 6.08. The molecule has 5 rings (SSSR count). The van der Waals surface area contributed by atoms with Crippen LogP contribution in [0.5, 0.6) is 0 Å². The van der Waals surface area contributed by atoms with Crippen LogP contribution in [0.3, 0.4) is 0 Å². The Balaban J connectivity index is 1.62. The molecule has 1 unspecified atom stereocenters. The lowest BCUT2D eigenvalue weighted by Crippen LogP contribution is -2.39. The van der Waals surface area contributed by atoms with Crippen molar-refractivity contribution in [3.63, 3.8) is 0 Å². The van der Waals surface area contributed by atoms with Gasteiger partial charge in [0.15, 0.2) is 5.82 Å². The van der Waals surface area contributed by atoms with Gasteiger partial charge in [0.2, 0.25) is 5.91 Å². The first-order valence-electron chi connectivity index (χ1n) is 11.4. The second-order valence-electron chi connectivity index (χ2n) is 9.32. The SMILES string of the molecule is Cn1cnc(CN2C(=O)C(C)(Cc3cc(F)cc(F)c3)c3cc(-c4cccc(C(F)(F)F)c4)ccc32)n1. The fourth-order valence-corrected chi connectivity index (χ4v) is 4.84. The third-order valence-corrected chi connectivity index (χ3v) is 6.55. The Morgan fingerprint density at radius 1 is 0.946 bits per heavy atom. The minimum Gasteiger partial charge on any atom is -0.304 e. The fourth-order valence-electron chi connectivity index (χ4n) is 4.84. The van der Waals surface area contributed by atoms with Crippen molar-refractivity contribution in [2.75, 3.05) is 4.90 Å². The van der Waals surface area contributed by atoms with Crippen LogP contribution in [-0.4, -0.2) is 20.7 Å². The van der Waals surface area contributed by atoms with Crippen LogP contribution in [0.4, 0.5) is 27.6 Å². The fraction of sp³-hybridized carbons (Fsp3) is 0.222. The van der Waals surface area contributed by atoms with Crippen LogP contribution >= 0.6 is 0 Å². The van der Waals surface area contributed by atoms with Crippen molar-refractivity contribution >= 4 is 11.6 Å². The molecule has 37 heavy (non-hydrogen) atoms. The molecule has 1 aliphatic rings. The third-order valence-electron chi connectivity index (χ3n) is 6.55. The molecule has 0 bridgehead atoms. The summed E-state index contributed by atoms with van der Waals surface area (Å²) in [5.74, 6) is -1.47. The largest absolute Gasteiger partial charge is 0.416 e. The highest BCUT2D eigenvalue weighted by Gasteiger charge is 2.48. The maximum absolute atomic E-state index is 14.0. The van der Waals surface area contributed by atoms with Crippen LogP contribution in [0.15, 0.2) is 67.0 Å². The molecule has 0 saturated heterocycles. The molecule has 1 aromatic heterocycles. The lowest BCUT2D eigenvalue weighted by molar-refractivity contribution is -0.137. The van der Waals surface area contributed by atoms with Gasteiger partial charge in [0, 0.05) is 18.8 Å². The number of carbonyl (C=O) groups excluding carboxylic acids is 1. The van der Waals surface area contributed by atoms with Gasteiger partial charge in [-0.1, -0.05) is 18.2 Å². The summed E-state index contributed by atoms with van der Waals surface area (Å²) in [4.78, 5) is 19.5. The van der Waals surface area contributed by atoms with Crippen LogP contribution in [0.25, 0.3) is 11.1 Å². The molecule has 190 valence electrons. The molecule has 0 radical (unpaired) electrons. The first-order chi connectivity index (χ1) is 17.4. The number of nitrogens with zero attached hydrogens (tertiary/aromatic N) is 4. The van der Waals surface area contributed by atoms with Gasteiger partial charge in [0.05, 0.1) is 17.5 Å². The molecule has 1 aliphatic heterocycles. The van der Waals surface area contributed by atoms with Crippen LogP contribution in [0.1, 0.15) is 29.4 Å². The molecule has 0 spiro atoms. The van der Waals surface area contributed by atoms with E-state index in [0.717, 1.165) is 18.2 Å². The number of hydrogen-bond acceptors (Lipinski definition) is 3. The van der Waals surface area contributed by atoms with Crippen molar-refractivity contribution in [1.82, 2.24) is 14.8 Å². The van der Waals surface area contributed by atoms with E-state index >= 15 is 0 Å². The Labute approximate surface area is 209 Å². The minimum absolute atomic E-state index is 0.0221. The van der Waals surface area contributed by atoms with E-state index < -0.39 is 28.8 Å². The van der Waals surface area contributed by atoms with E-state index in [1.54, 1.807) is 38.2 Å². The van der Waals surface area contributed by atoms with Crippen LogP contribution < -0.4 is 4.90 Å². The van der Waals surface area contributed by atoms with Crippen LogP contribution in [0.2, 0.25) is 0 Å². The van der Waals surface area contributed by atoms with Crippen molar-refractivity contribution in [2.24, 2.45) is 7.05 Å². The quantitative estimate of drug-likeness (QED) is 0.317. The van der Waals surface area contributed by atoms with Crippen molar-refractivity contribution < 1.29 is 26.7 Å². The summed E-state index contributed by atoms with van der Waals surface area (Å²) in [5.41, 5.74) is 0.118. The summed E-state index contributed by atoms with van der Waals surface area (Å²) in [7, 11) is 1.69. The molecule has 4 aromatic rings. The highest BCUT2D eigenvalue weighted by Crippen LogP contribution is 2.46. The van der Waals surface area contributed by atoms with E-state index in [1.807, 2.05) is 0 Å². The molecular formula is C27H21F5N4O. The lowest BCUT2D eigenvalue weighted by atomic mass is 9.77. The van der Waals surface area contributed by atoms with Gasteiger partial charge in [-0.05, 0) is 72.0 Å². The summed E-state index contributed by atoms with van der Waals surface area (Å²) in [6.07, 6.45) is -3.03. The zero-order chi connectivity index (χ0) is 26.5. The third kappa shape index (κ3) is 4.59. The number of fused-ring (bicyclic) bond motifs is 1. The Morgan fingerprint density at radius 3 is 2.30 bits per heavy atom. The summed E-state index contributed by atoms with van der Waals surface area (Å²) >= 11 is 0. The lowest BCUT2D eigenvalue weighted by Gasteiger charge is -2.24. The van der Waals surface area contributed by atoms with Gasteiger partial charge in [0.1, 0.15) is 18.0 Å². The Kier molecular flexibility index (Phi) is 5.85. The number of anilines is 1. The zero-order valence-corrected chi connectivity index (χ0v) is 19.9. The van der Waals surface area contributed by atoms with Crippen molar-refractivity contribution in [1.29, 1.82) is 0 Å². The van der Waals surface area contributed by atoms with Gasteiger partial charge < -0.3 is 4.90 Å². The van der Waals surface area contributed by atoms with Crippen LogP contribution in [-0.2, 0) is 36.4 Å². The smallest absolute Gasteiger partial charge is 0.304 e. The average molecular weight is 512 g/mol. The molecule has 0 N–H and O–H groups in total. The van der Waals surface area contributed by atoms with Crippen molar-refractivity contribution in [2.45, 2.75) is 31.5 Å². The first kappa shape index (κ1) is 24.6. The minimum atomic E-state index is -4.51. The highest BCUT2D eigenvalue weighted by atomic mass is 19.4. The number of aromatic nitrogens is 3. The maximum Gasteiger partial charge on any atom is 0.416 e. The van der Waals surface area contributed by atoms with E-state index in [-0.39, 0.29) is 24.4 Å². The number of alkyl halides is 3. The standard InChI is InChI=1S/C27H21F5N4O/c1-26(13-16-8-20(28)12-21(29)9-16)22-11-18(17-4-3-5-19(10-17)27(30,31)32)6-7-23(22)36(25(26)37)14-24-33-15-35(2)34-24/h3-12,15H,13-14H2,1-2H3. The topological polar surface area (TPSA) is 51.0 Å². The summed E-state index contributed by atoms with van der Waals surface area (Å²) in [6, 6.07) is 13.0. The number of hydrogen-bond donors (Lipinski definition) is 0. The molecule has 5 nitrogen and oxygen atoms in total. The Bertz CT molecular complexity index is 1490. The molecule has 1 atom stereocenters. The van der Waals surface area contributed by atoms with Gasteiger partial charge in [-0.25, -0.2) is 13.8 Å². The van der Waals surface area contributed by atoms with E-state index in [9.17, 15) is 26.7 Å². The second-order valence-corrected chi connectivity index (χ2v) is 9.32. The van der Waals surface area contributed by atoms with Gasteiger partial charge in [-0.2, -0.15) is 18.3 Å². The van der Waals surface area contributed by atoms with Gasteiger partial charge in [0.25, 0.3) is 0 Å². The molecule has 2 heterocycles. The van der Waals surface area contributed by atoms with E-state index in [0.29, 0.717) is 28.2 Å².